The highest BCUT2D eigenvalue weighted by Gasteiger charge is 2.17. The fraction of sp³-hybridized carbons (Fsp3) is 0. The molecule has 0 heterocycles. The summed E-state index contributed by atoms with van der Waals surface area (Å²) in [6.45, 7) is 0. The Morgan fingerprint density at radius 2 is 1.58 bits per heavy atom. The van der Waals surface area contributed by atoms with E-state index in [4.69, 9.17) is 0 Å². The molecule has 0 saturated heterocycles. The zero-order valence-corrected chi connectivity index (χ0v) is 13.1. The molecule has 0 heteroatoms. The Hall–Kier alpha value is -3.12. The van der Waals surface area contributed by atoms with Crippen LogP contribution >= 0.6 is 0 Å². The Morgan fingerprint density at radius 3 is 2.58 bits per heavy atom. The van der Waals surface area contributed by atoms with Crippen LogP contribution in [-0.2, 0) is 0 Å². The monoisotopic (exact) mass is 302 g/mol. The lowest BCUT2D eigenvalue weighted by Gasteiger charge is -2.09. The van der Waals surface area contributed by atoms with Gasteiger partial charge in [0.25, 0.3) is 0 Å². The Morgan fingerprint density at radius 1 is 0.667 bits per heavy atom. The molecule has 0 aromatic heterocycles. The SMILES string of the molecule is C1=Cc2cc3c4c(ccc3cc2=C1)=Cc1c-4ccc2ccccc12. The second-order valence-electron chi connectivity index (χ2n) is 6.65. The first-order chi connectivity index (χ1) is 11.9. The first-order valence-corrected chi connectivity index (χ1v) is 8.37. The minimum absolute atomic E-state index is 1.31. The van der Waals surface area contributed by atoms with Gasteiger partial charge < -0.3 is 0 Å². The summed E-state index contributed by atoms with van der Waals surface area (Å²) in [5.41, 5.74) is 5.43. The molecule has 0 atom stereocenters. The highest BCUT2D eigenvalue weighted by Crippen LogP contribution is 2.36. The maximum atomic E-state index is 2.35. The van der Waals surface area contributed by atoms with E-state index in [9.17, 15) is 0 Å². The lowest BCUT2D eigenvalue weighted by molar-refractivity contribution is 1.61. The molecule has 0 fully saturated rings. The molecule has 0 bridgehead atoms. The first kappa shape index (κ1) is 12.3. The maximum Gasteiger partial charge on any atom is -0.00261 e. The van der Waals surface area contributed by atoms with Crippen LogP contribution in [0.5, 0.6) is 0 Å². The van der Waals surface area contributed by atoms with E-state index in [1.54, 1.807) is 0 Å². The summed E-state index contributed by atoms with van der Waals surface area (Å²) in [6, 6.07) is 22.4. The summed E-state index contributed by atoms with van der Waals surface area (Å²) >= 11 is 0. The van der Waals surface area contributed by atoms with Crippen LogP contribution in [0.15, 0.2) is 66.7 Å². The van der Waals surface area contributed by atoms with Crippen molar-refractivity contribution < 1.29 is 0 Å². The smallest absolute Gasteiger partial charge is 0.00261 e. The van der Waals surface area contributed by atoms with Crippen LogP contribution in [-0.4, -0.2) is 0 Å². The Labute approximate surface area is 139 Å². The minimum Gasteiger partial charge on any atom is -0.0616 e. The number of hydrogen-bond donors (Lipinski definition) is 0. The van der Waals surface area contributed by atoms with Gasteiger partial charge in [-0.15, -0.1) is 0 Å². The van der Waals surface area contributed by atoms with E-state index in [2.05, 4.69) is 85.0 Å². The Kier molecular flexibility index (Phi) is 2.18. The second-order valence-corrected chi connectivity index (χ2v) is 6.65. The molecule has 0 aliphatic heterocycles. The number of rotatable bonds is 0. The predicted octanol–water partition coefficient (Wildman–Crippen LogP) is 4.61. The van der Waals surface area contributed by atoms with Gasteiger partial charge in [0.1, 0.15) is 0 Å². The molecule has 0 N–H and O–H groups in total. The summed E-state index contributed by atoms with van der Waals surface area (Å²) in [6.07, 6.45) is 8.88. The van der Waals surface area contributed by atoms with Gasteiger partial charge in [-0.2, -0.15) is 0 Å². The largest absolute Gasteiger partial charge is 0.0616 e. The van der Waals surface area contributed by atoms with Gasteiger partial charge in [0.2, 0.25) is 0 Å². The molecular formula is C24H14. The molecule has 2 aliphatic carbocycles. The van der Waals surface area contributed by atoms with Crippen molar-refractivity contribution in [2.24, 2.45) is 0 Å². The van der Waals surface area contributed by atoms with Crippen molar-refractivity contribution in [3.05, 3.63) is 88.3 Å². The lowest BCUT2D eigenvalue weighted by Crippen LogP contribution is -2.05. The molecule has 110 valence electrons. The second kappa shape index (κ2) is 4.24. The van der Waals surface area contributed by atoms with Crippen molar-refractivity contribution in [3.8, 4) is 11.1 Å². The molecule has 4 aromatic rings. The zero-order chi connectivity index (χ0) is 15.7. The third-order valence-electron chi connectivity index (χ3n) is 5.35. The van der Waals surface area contributed by atoms with Gasteiger partial charge in [0.15, 0.2) is 0 Å². The summed E-state index contributed by atoms with van der Waals surface area (Å²) in [5, 5.41) is 7.98. The van der Waals surface area contributed by atoms with Crippen LogP contribution in [0, 0.1) is 0 Å². The average molecular weight is 302 g/mol. The molecule has 0 radical (unpaired) electrons. The van der Waals surface area contributed by atoms with Gasteiger partial charge in [0, 0.05) is 0 Å². The lowest BCUT2D eigenvalue weighted by atomic mass is 9.94. The molecular weight excluding hydrogens is 288 g/mol. The molecule has 0 saturated carbocycles. The summed E-state index contributed by atoms with van der Waals surface area (Å²) in [4.78, 5) is 0. The van der Waals surface area contributed by atoms with Crippen molar-refractivity contribution in [2.75, 3.05) is 0 Å². The highest BCUT2D eigenvalue weighted by molar-refractivity contribution is 6.08. The van der Waals surface area contributed by atoms with Gasteiger partial charge in [-0.25, -0.2) is 0 Å². The molecule has 0 unspecified atom stereocenters. The standard InChI is InChI=1S/C24H14/c1-2-7-20-15(4-1)10-11-21-23(20)14-19-9-8-18-12-16-5-3-6-17(16)13-22(18)24(19)21/h1-14H. The quantitative estimate of drug-likeness (QED) is 0.392. The van der Waals surface area contributed by atoms with E-state index in [1.165, 1.54) is 54.2 Å². The van der Waals surface area contributed by atoms with Crippen molar-refractivity contribution in [3.63, 3.8) is 0 Å². The third-order valence-corrected chi connectivity index (χ3v) is 5.35. The van der Waals surface area contributed by atoms with Crippen molar-refractivity contribution in [2.45, 2.75) is 0 Å². The number of hydrogen-bond acceptors (Lipinski definition) is 0. The molecule has 0 amide bonds. The predicted molar refractivity (Wildman–Crippen MR) is 103 cm³/mol. The minimum atomic E-state index is 1.31. The third kappa shape index (κ3) is 1.48. The molecule has 24 heavy (non-hydrogen) atoms. The maximum absolute atomic E-state index is 2.35. The van der Waals surface area contributed by atoms with Crippen molar-refractivity contribution >= 4 is 39.8 Å². The van der Waals surface area contributed by atoms with Gasteiger partial charge in [-0.3, -0.25) is 0 Å². The van der Waals surface area contributed by atoms with Crippen LogP contribution in [0.4, 0.5) is 0 Å². The van der Waals surface area contributed by atoms with Crippen LogP contribution < -0.4 is 10.4 Å². The van der Waals surface area contributed by atoms with E-state index in [0.717, 1.165) is 0 Å². The highest BCUT2D eigenvalue weighted by atomic mass is 14.2. The Balaban J connectivity index is 1.79. The van der Waals surface area contributed by atoms with E-state index in [-0.39, 0.29) is 0 Å². The molecule has 0 spiro atoms. The number of allylic oxidation sites excluding steroid dienone is 1. The van der Waals surface area contributed by atoms with Crippen LogP contribution in [0.25, 0.3) is 50.9 Å². The molecule has 0 nitrogen and oxygen atoms in total. The van der Waals surface area contributed by atoms with E-state index >= 15 is 0 Å². The Bertz CT molecular complexity index is 1330. The van der Waals surface area contributed by atoms with Gasteiger partial charge in [-0.05, 0) is 72.4 Å². The molecule has 6 rings (SSSR count). The topological polar surface area (TPSA) is 0 Å². The fourth-order valence-electron chi connectivity index (χ4n) is 4.21. The van der Waals surface area contributed by atoms with Crippen LogP contribution in [0.1, 0.15) is 11.1 Å². The number of benzene rings is 4. The van der Waals surface area contributed by atoms with Gasteiger partial charge >= 0.3 is 0 Å². The van der Waals surface area contributed by atoms with Crippen molar-refractivity contribution in [1.82, 2.24) is 0 Å². The first-order valence-electron chi connectivity index (χ1n) is 8.37. The summed E-state index contributed by atoms with van der Waals surface area (Å²) in [5.74, 6) is 0. The number of fused-ring (bicyclic) bond motifs is 8. The van der Waals surface area contributed by atoms with Gasteiger partial charge in [0.05, 0.1) is 0 Å². The fourth-order valence-corrected chi connectivity index (χ4v) is 4.21. The summed E-state index contributed by atoms with van der Waals surface area (Å²) < 4.78 is 0. The normalized spacial score (nSPS) is 13.5. The van der Waals surface area contributed by atoms with Crippen molar-refractivity contribution in [1.29, 1.82) is 0 Å². The van der Waals surface area contributed by atoms with Crippen LogP contribution in [0.2, 0.25) is 0 Å². The van der Waals surface area contributed by atoms with E-state index in [1.807, 2.05) is 0 Å². The average Bonchev–Trinajstić information content (AvgIpc) is 3.23. The van der Waals surface area contributed by atoms with Crippen LogP contribution in [0.3, 0.4) is 0 Å². The molecule has 2 aliphatic rings. The van der Waals surface area contributed by atoms with E-state index in [0.29, 0.717) is 0 Å². The zero-order valence-electron chi connectivity index (χ0n) is 13.1. The molecule has 4 aromatic carbocycles. The van der Waals surface area contributed by atoms with E-state index < -0.39 is 0 Å². The van der Waals surface area contributed by atoms with Gasteiger partial charge in [-0.1, -0.05) is 66.8 Å². The summed E-state index contributed by atoms with van der Waals surface area (Å²) in [7, 11) is 0.